The van der Waals surface area contributed by atoms with E-state index in [4.69, 9.17) is 5.73 Å². The Labute approximate surface area is 123 Å². The van der Waals surface area contributed by atoms with Crippen molar-refractivity contribution in [3.63, 3.8) is 0 Å². The Bertz CT molecular complexity index is 679. The third-order valence-corrected chi connectivity index (χ3v) is 4.06. The van der Waals surface area contributed by atoms with Crippen LogP contribution in [0.15, 0.2) is 34.9 Å². The van der Waals surface area contributed by atoms with Crippen LogP contribution in [0.4, 0.5) is 10.1 Å². The lowest BCUT2D eigenvalue weighted by atomic mass is 10.1. The van der Waals surface area contributed by atoms with Crippen LogP contribution in [0.1, 0.15) is 6.42 Å². The van der Waals surface area contributed by atoms with Gasteiger partial charge in [-0.1, -0.05) is 15.9 Å². The summed E-state index contributed by atoms with van der Waals surface area (Å²) >= 11 is 3.40. The molecule has 4 nitrogen and oxygen atoms in total. The summed E-state index contributed by atoms with van der Waals surface area (Å²) in [7, 11) is 0. The number of pyridine rings is 1. The molecule has 2 atom stereocenters. The van der Waals surface area contributed by atoms with Crippen molar-refractivity contribution in [3.8, 4) is 0 Å². The summed E-state index contributed by atoms with van der Waals surface area (Å²) < 4.78 is 14.6. The van der Waals surface area contributed by atoms with Crippen LogP contribution in [0, 0.1) is 0 Å². The number of rotatable bonds is 2. The largest absolute Gasteiger partial charge is 0.368 e. The molecule has 20 heavy (non-hydrogen) atoms. The average molecular weight is 338 g/mol. The lowest BCUT2D eigenvalue weighted by molar-refractivity contribution is -0.119. The number of nitrogens with two attached hydrogens (primary N) is 1. The standard InChI is InChI=1S/C14H13BrFN3O/c15-8-1-2-10-11(5-8)18-4-3-12(10)19-7-9(16)6-13(19)14(17)20/h1-5,9,13H,6-7H2,(H2,17,20)/t9-,13+/m1/s1. The maximum absolute atomic E-state index is 13.7. The molecule has 2 aromatic rings. The number of fused-ring (bicyclic) bond motifs is 1. The van der Waals surface area contributed by atoms with Gasteiger partial charge >= 0.3 is 0 Å². The van der Waals surface area contributed by atoms with E-state index in [1.807, 2.05) is 18.2 Å². The number of hydrogen-bond donors (Lipinski definition) is 1. The number of anilines is 1. The lowest BCUT2D eigenvalue weighted by Crippen LogP contribution is -2.40. The number of hydrogen-bond acceptors (Lipinski definition) is 3. The Hall–Kier alpha value is -1.69. The van der Waals surface area contributed by atoms with Crippen LogP contribution in [-0.4, -0.2) is 29.6 Å². The summed E-state index contributed by atoms with van der Waals surface area (Å²) in [6, 6.07) is 6.89. The highest BCUT2D eigenvalue weighted by molar-refractivity contribution is 9.10. The van der Waals surface area contributed by atoms with Gasteiger partial charge < -0.3 is 10.6 Å². The molecular formula is C14H13BrFN3O. The Balaban J connectivity index is 2.12. The first-order chi connectivity index (χ1) is 9.56. The minimum atomic E-state index is -1.04. The third kappa shape index (κ3) is 2.24. The molecule has 0 saturated carbocycles. The van der Waals surface area contributed by atoms with Crippen molar-refractivity contribution in [2.45, 2.75) is 18.6 Å². The monoisotopic (exact) mass is 337 g/mol. The molecule has 6 heteroatoms. The summed E-state index contributed by atoms with van der Waals surface area (Å²) in [5.41, 5.74) is 6.98. The highest BCUT2D eigenvalue weighted by atomic mass is 79.9. The van der Waals surface area contributed by atoms with Crippen LogP contribution >= 0.6 is 15.9 Å². The molecule has 1 fully saturated rings. The molecule has 104 valence electrons. The third-order valence-electron chi connectivity index (χ3n) is 3.57. The quantitative estimate of drug-likeness (QED) is 0.915. The molecule has 1 aromatic carbocycles. The van der Waals surface area contributed by atoms with Gasteiger partial charge in [0.05, 0.1) is 12.1 Å². The van der Waals surface area contributed by atoms with Gasteiger partial charge in [0, 0.05) is 28.2 Å². The fraction of sp³-hybridized carbons (Fsp3) is 0.286. The average Bonchev–Trinajstić information content (AvgIpc) is 2.80. The van der Waals surface area contributed by atoms with Crippen LogP contribution in [0.25, 0.3) is 10.9 Å². The molecular weight excluding hydrogens is 325 g/mol. The van der Waals surface area contributed by atoms with Crippen LogP contribution in [0.2, 0.25) is 0 Å². The van der Waals surface area contributed by atoms with E-state index in [1.54, 1.807) is 17.2 Å². The first-order valence-electron chi connectivity index (χ1n) is 6.30. The molecule has 1 saturated heterocycles. The summed E-state index contributed by atoms with van der Waals surface area (Å²) in [6.07, 6.45) is 0.773. The molecule has 1 aliphatic heterocycles. The summed E-state index contributed by atoms with van der Waals surface area (Å²) in [5, 5.41) is 0.885. The van der Waals surface area contributed by atoms with Crippen LogP contribution < -0.4 is 10.6 Å². The number of halogens is 2. The normalized spacial score (nSPS) is 22.4. The van der Waals surface area contributed by atoms with E-state index in [1.165, 1.54) is 0 Å². The summed E-state index contributed by atoms with van der Waals surface area (Å²) in [4.78, 5) is 17.5. The molecule has 2 heterocycles. The number of carbonyl (C=O) groups is 1. The van der Waals surface area contributed by atoms with Gasteiger partial charge in [0.25, 0.3) is 0 Å². The van der Waals surface area contributed by atoms with Crippen LogP contribution in [0.5, 0.6) is 0 Å². The van der Waals surface area contributed by atoms with E-state index in [9.17, 15) is 9.18 Å². The molecule has 0 spiro atoms. The van der Waals surface area contributed by atoms with Crippen molar-refractivity contribution in [1.29, 1.82) is 0 Å². The van der Waals surface area contributed by atoms with Gasteiger partial charge in [-0.2, -0.15) is 0 Å². The zero-order chi connectivity index (χ0) is 14.3. The van der Waals surface area contributed by atoms with E-state index in [-0.39, 0.29) is 13.0 Å². The number of amides is 1. The zero-order valence-corrected chi connectivity index (χ0v) is 12.2. The van der Waals surface area contributed by atoms with E-state index < -0.39 is 18.1 Å². The highest BCUT2D eigenvalue weighted by Gasteiger charge is 2.36. The number of nitrogens with zero attached hydrogens (tertiary/aromatic N) is 2. The fourth-order valence-electron chi connectivity index (χ4n) is 2.68. The van der Waals surface area contributed by atoms with Crippen LogP contribution in [0.3, 0.4) is 0 Å². The molecule has 3 rings (SSSR count). The van der Waals surface area contributed by atoms with Crippen molar-refractivity contribution in [2.24, 2.45) is 5.73 Å². The van der Waals surface area contributed by atoms with Gasteiger partial charge in [-0.05, 0) is 24.3 Å². The SMILES string of the molecule is NC(=O)[C@@H]1C[C@@H](F)CN1c1ccnc2cc(Br)ccc12. The Morgan fingerprint density at radius 2 is 2.25 bits per heavy atom. The lowest BCUT2D eigenvalue weighted by Gasteiger charge is -2.25. The predicted octanol–water partition coefficient (Wildman–Crippen LogP) is 2.40. The van der Waals surface area contributed by atoms with Gasteiger partial charge in [0.1, 0.15) is 12.2 Å². The second-order valence-electron chi connectivity index (χ2n) is 4.90. The van der Waals surface area contributed by atoms with E-state index in [0.717, 1.165) is 21.1 Å². The Kier molecular flexibility index (Phi) is 3.33. The molecule has 1 aliphatic rings. The van der Waals surface area contributed by atoms with E-state index >= 15 is 0 Å². The molecule has 0 radical (unpaired) electrons. The maximum atomic E-state index is 13.7. The number of aromatic nitrogens is 1. The molecule has 1 amide bonds. The maximum Gasteiger partial charge on any atom is 0.240 e. The van der Waals surface area contributed by atoms with Crippen molar-refractivity contribution in [1.82, 2.24) is 4.98 Å². The summed E-state index contributed by atoms with van der Waals surface area (Å²) in [6.45, 7) is 0.183. The second-order valence-corrected chi connectivity index (χ2v) is 5.81. The minimum Gasteiger partial charge on any atom is -0.368 e. The van der Waals surface area contributed by atoms with Crippen molar-refractivity contribution >= 4 is 38.4 Å². The molecule has 1 aromatic heterocycles. The molecule has 0 unspecified atom stereocenters. The highest BCUT2D eigenvalue weighted by Crippen LogP contribution is 2.33. The van der Waals surface area contributed by atoms with Gasteiger partial charge in [0.15, 0.2) is 0 Å². The van der Waals surface area contributed by atoms with Crippen molar-refractivity contribution in [2.75, 3.05) is 11.4 Å². The second kappa shape index (κ2) is 5.01. The first kappa shape index (κ1) is 13.3. The Morgan fingerprint density at radius 1 is 1.45 bits per heavy atom. The van der Waals surface area contributed by atoms with E-state index in [2.05, 4.69) is 20.9 Å². The summed E-state index contributed by atoms with van der Waals surface area (Å²) in [5.74, 6) is -0.493. The minimum absolute atomic E-state index is 0.148. The number of primary amides is 1. The molecule has 2 N–H and O–H groups in total. The number of carbonyl (C=O) groups excluding carboxylic acids is 1. The molecule has 0 bridgehead atoms. The van der Waals surface area contributed by atoms with Gasteiger partial charge in [0.2, 0.25) is 5.91 Å². The first-order valence-corrected chi connectivity index (χ1v) is 7.10. The van der Waals surface area contributed by atoms with Crippen molar-refractivity contribution < 1.29 is 9.18 Å². The topological polar surface area (TPSA) is 59.2 Å². The molecule has 0 aliphatic carbocycles. The van der Waals surface area contributed by atoms with Gasteiger partial charge in [-0.3, -0.25) is 9.78 Å². The van der Waals surface area contributed by atoms with Crippen molar-refractivity contribution in [3.05, 3.63) is 34.9 Å². The Morgan fingerprint density at radius 3 is 3.00 bits per heavy atom. The predicted molar refractivity (Wildman–Crippen MR) is 79.3 cm³/mol. The fourth-order valence-corrected chi connectivity index (χ4v) is 3.03. The van der Waals surface area contributed by atoms with Crippen LogP contribution in [-0.2, 0) is 4.79 Å². The number of alkyl halides is 1. The van der Waals surface area contributed by atoms with Gasteiger partial charge in [-0.25, -0.2) is 4.39 Å². The van der Waals surface area contributed by atoms with Gasteiger partial charge in [-0.15, -0.1) is 0 Å². The smallest absolute Gasteiger partial charge is 0.240 e. The van der Waals surface area contributed by atoms with E-state index in [0.29, 0.717) is 0 Å². The number of benzene rings is 1. The zero-order valence-electron chi connectivity index (χ0n) is 10.6.